The first-order valence-electron chi connectivity index (χ1n) is 7.45. The van der Waals surface area contributed by atoms with Gasteiger partial charge >= 0.3 is 12.1 Å². The van der Waals surface area contributed by atoms with Crippen molar-refractivity contribution >= 4 is 22.3 Å². The molecule has 9 nitrogen and oxygen atoms in total. The second-order valence-corrected chi connectivity index (χ2v) is 8.09. The van der Waals surface area contributed by atoms with Gasteiger partial charge in [-0.05, 0) is 33.6 Å². The van der Waals surface area contributed by atoms with Crippen molar-refractivity contribution in [1.82, 2.24) is 14.3 Å². The van der Waals surface area contributed by atoms with Crippen molar-refractivity contribution in [2.75, 3.05) is 26.2 Å². The Kier molecular flexibility index (Phi) is 6.78. The second-order valence-electron chi connectivity index (χ2n) is 6.34. The largest absolute Gasteiger partial charge is 0.481 e. The van der Waals surface area contributed by atoms with Crippen LogP contribution in [-0.2, 0) is 19.7 Å². The Balaban J connectivity index is 2.31. The number of nitrogens with zero attached hydrogens (tertiary/aromatic N) is 1. The number of carboxylic acid groups (broad SMARTS) is 1. The van der Waals surface area contributed by atoms with Gasteiger partial charge in [-0.2, -0.15) is 12.7 Å². The van der Waals surface area contributed by atoms with Crippen LogP contribution in [0.2, 0.25) is 0 Å². The minimum atomic E-state index is -3.67. The van der Waals surface area contributed by atoms with Gasteiger partial charge in [0.1, 0.15) is 5.60 Å². The van der Waals surface area contributed by atoms with Crippen LogP contribution in [0, 0.1) is 5.92 Å². The highest BCUT2D eigenvalue weighted by molar-refractivity contribution is 7.87. The fourth-order valence-corrected chi connectivity index (χ4v) is 3.33. The average Bonchev–Trinajstić information content (AvgIpc) is 2.42. The van der Waals surface area contributed by atoms with E-state index in [0.29, 0.717) is 12.8 Å². The molecule has 0 aromatic rings. The van der Waals surface area contributed by atoms with Crippen molar-refractivity contribution in [2.45, 2.75) is 39.2 Å². The third-order valence-corrected chi connectivity index (χ3v) is 4.83. The number of piperidine rings is 1. The van der Waals surface area contributed by atoms with Gasteiger partial charge in [-0.25, -0.2) is 9.52 Å². The van der Waals surface area contributed by atoms with Crippen LogP contribution in [0.3, 0.4) is 0 Å². The summed E-state index contributed by atoms with van der Waals surface area (Å²) < 4.78 is 32.7. The zero-order valence-electron chi connectivity index (χ0n) is 13.7. The Morgan fingerprint density at radius 3 is 2.26 bits per heavy atom. The SMILES string of the molecule is CC(C)(C)OC(=O)NCCNS(=O)(=O)N1CCC(C(=O)O)CC1. The molecule has 1 aliphatic heterocycles. The molecular weight excluding hydrogens is 326 g/mol. The van der Waals surface area contributed by atoms with E-state index < -0.39 is 33.8 Å². The molecule has 1 amide bonds. The minimum absolute atomic E-state index is 0.0282. The molecule has 0 spiro atoms. The van der Waals surface area contributed by atoms with Crippen LogP contribution in [0.25, 0.3) is 0 Å². The van der Waals surface area contributed by atoms with Gasteiger partial charge in [0.2, 0.25) is 0 Å². The molecule has 3 N–H and O–H groups in total. The van der Waals surface area contributed by atoms with Gasteiger partial charge < -0.3 is 15.2 Å². The van der Waals surface area contributed by atoms with Crippen LogP contribution in [0.4, 0.5) is 4.79 Å². The molecule has 0 saturated carbocycles. The summed E-state index contributed by atoms with van der Waals surface area (Å²) in [4.78, 5) is 22.3. The first-order valence-corrected chi connectivity index (χ1v) is 8.89. The molecule has 1 fully saturated rings. The molecule has 0 radical (unpaired) electrons. The lowest BCUT2D eigenvalue weighted by atomic mass is 9.99. The van der Waals surface area contributed by atoms with Gasteiger partial charge in [-0.3, -0.25) is 4.79 Å². The number of carbonyl (C=O) groups is 2. The zero-order valence-corrected chi connectivity index (χ0v) is 14.5. The highest BCUT2D eigenvalue weighted by atomic mass is 32.2. The zero-order chi connectivity index (χ0) is 17.7. The van der Waals surface area contributed by atoms with Crippen LogP contribution in [-0.4, -0.2) is 61.7 Å². The summed E-state index contributed by atoms with van der Waals surface area (Å²) in [5, 5.41) is 11.3. The van der Waals surface area contributed by atoms with E-state index in [1.807, 2.05) is 0 Å². The first-order chi connectivity index (χ1) is 10.5. The molecule has 1 saturated heterocycles. The maximum atomic E-state index is 12.1. The molecule has 1 rings (SSSR count). The van der Waals surface area contributed by atoms with Gasteiger partial charge in [-0.15, -0.1) is 0 Å². The molecule has 0 atom stereocenters. The van der Waals surface area contributed by atoms with E-state index in [0.717, 1.165) is 0 Å². The molecule has 0 unspecified atom stereocenters. The lowest BCUT2D eigenvalue weighted by Crippen LogP contribution is -2.47. The number of ether oxygens (including phenoxy) is 1. The summed E-state index contributed by atoms with van der Waals surface area (Å²) in [5.74, 6) is -1.38. The monoisotopic (exact) mass is 351 g/mol. The van der Waals surface area contributed by atoms with Crippen molar-refractivity contribution in [1.29, 1.82) is 0 Å². The topological polar surface area (TPSA) is 125 Å². The van der Waals surface area contributed by atoms with Gasteiger partial charge in [0.05, 0.1) is 5.92 Å². The number of nitrogens with one attached hydrogen (secondary N) is 2. The van der Waals surface area contributed by atoms with Crippen LogP contribution in [0.15, 0.2) is 0 Å². The second kappa shape index (κ2) is 7.93. The summed E-state index contributed by atoms with van der Waals surface area (Å²) in [6.07, 6.45) is -0.0160. The highest BCUT2D eigenvalue weighted by Crippen LogP contribution is 2.18. The standard InChI is InChI=1S/C13H25N3O6S/c1-13(2,3)22-12(19)14-6-7-15-23(20,21)16-8-4-10(5-9-16)11(17)18/h10,15H,4-9H2,1-3H3,(H,14,19)(H,17,18). The van der Waals surface area contributed by atoms with Crippen molar-refractivity contribution in [3.8, 4) is 0 Å². The fourth-order valence-electron chi connectivity index (χ4n) is 2.09. The van der Waals surface area contributed by atoms with Crippen molar-refractivity contribution in [2.24, 2.45) is 5.92 Å². The molecule has 10 heteroatoms. The molecule has 0 bridgehead atoms. The Bertz CT molecular complexity index is 520. The predicted octanol–water partition coefficient (Wildman–Crippen LogP) is 0.142. The molecule has 1 heterocycles. The van der Waals surface area contributed by atoms with E-state index in [-0.39, 0.29) is 26.2 Å². The summed E-state index contributed by atoms with van der Waals surface area (Å²) in [5.41, 5.74) is -0.613. The van der Waals surface area contributed by atoms with E-state index in [1.165, 1.54) is 4.31 Å². The van der Waals surface area contributed by atoms with Gasteiger partial charge in [-0.1, -0.05) is 0 Å². The first kappa shape index (κ1) is 19.7. The van der Waals surface area contributed by atoms with Crippen molar-refractivity contribution < 1.29 is 27.9 Å². The minimum Gasteiger partial charge on any atom is -0.481 e. The van der Waals surface area contributed by atoms with Crippen LogP contribution < -0.4 is 10.0 Å². The summed E-state index contributed by atoms with van der Waals surface area (Å²) in [7, 11) is -3.67. The Morgan fingerprint density at radius 2 is 1.78 bits per heavy atom. The number of carbonyl (C=O) groups excluding carboxylic acids is 1. The number of hydrogen-bond donors (Lipinski definition) is 3. The van der Waals surface area contributed by atoms with Crippen LogP contribution >= 0.6 is 0 Å². The number of rotatable bonds is 6. The highest BCUT2D eigenvalue weighted by Gasteiger charge is 2.30. The van der Waals surface area contributed by atoms with Gasteiger partial charge in [0, 0.05) is 26.2 Å². The van der Waals surface area contributed by atoms with E-state index in [4.69, 9.17) is 9.84 Å². The maximum absolute atomic E-state index is 12.1. The fraction of sp³-hybridized carbons (Fsp3) is 0.846. The maximum Gasteiger partial charge on any atom is 0.407 e. The van der Waals surface area contributed by atoms with Crippen LogP contribution in [0.1, 0.15) is 33.6 Å². The Labute approximate surface area is 136 Å². The van der Waals surface area contributed by atoms with Gasteiger partial charge in [0.15, 0.2) is 0 Å². The molecule has 0 aromatic carbocycles. The van der Waals surface area contributed by atoms with E-state index in [9.17, 15) is 18.0 Å². The molecule has 0 aliphatic carbocycles. The van der Waals surface area contributed by atoms with Crippen molar-refractivity contribution in [3.05, 3.63) is 0 Å². The third kappa shape index (κ3) is 7.14. The smallest absolute Gasteiger partial charge is 0.407 e. The molecular formula is C13H25N3O6S. The number of hydrogen-bond acceptors (Lipinski definition) is 5. The predicted molar refractivity (Wildman–Crippen MR) is 83.1 cm³/mol. The normalized spacial score (nSPS) is 17.7. The number of carboxylic acids is 1. The third-order valence-electron chi connectivity index (χ3n) is 3.22. The number of amides is 1. The molecule has 134 valence electrons. The molecule has 1 aliphatic rings. The molecule has 0 aromatic heterocycles. The number of alkyl carbamates (subject to hydrolysis) is 1. The summed E-state index contributed by atoms with van der Waals surface area (Å²) >= 11 is 0. The summed E-state index contributed by atoms with van der Waals surface area (Å²) in [6.45, 7) is 5.67. The summed E-state index contributed by atoms with van der Waals surface area (Å²) in [6, 6.07) is 0. The van der Waals surface area contributed by atoms with Crippen LogP contribution in [0.5, 0.6) is 0 Å². The Hall–Kier alpha value is -1.39. The van der Waals surface area contributed by atoms with E-state index in [2.05, 4.69) is 10.0 Å². The number of aliphatic carboxylic acids is 1. The van der Waals surface area contributed by atoms with Gasteiger partial charge in [0.25, 0.3) is 10.2 Å². The van der Waals surface area contributed by atoms with E-state index in [1.54, 1.807) is 20.8 Å². The van der Waals surface area contributed by atoms with Crippen molar-refractivity contribution in [3.63, 3.8) is 0 Å². The lowest BCUT2D eigenvalue weighted by molar-refractivity contribution is -0.142. The van der Waals surface area contributed by atoms with E-state index >= 15 is 0 Å². The molecule has 23 heavy (non-hydrogen) atoms. The lowest BCUT2D eigenvalue weighted by Gasteiger charge is -2.29. The quantitative estimate of drug-likeness (QED) is 0.585. The Morgan fingerprint density at radius 1 is 1.22 bits per heavy atom. The average molecular weight is 351 g/mol.